The summed E-state index contributed by atoms with van der Waals surface area (Å²) < 4.78 is 2.18. The zero-order chi connectivity index (χ0) is 19.6. The maximum absolute atomic E-state index is 12.7. The number of hydrogen-bond donors (Lipinski definition) is 1. The number of aliphatic carboxylic acids is 1. The molecule has 138 valence electrons. The molecule has 0 saturated carbocycles. The maximum atomic E-state index is 12.7. The van der Waals surface area contributed by atoms with Crippen LogP contribution in [0.15, 0.2) is 57.8 Å². The van der Waals surface area contributed by atoms with E-state index in [1.807, 2.05) is 49.4 Å². The van der Waals surface area contributed by atoms with Crippen molar-refractivity contribution < 1.29 is 9.90 Å². The van der Waals surface area contributed by atoms with Gasteiger partial charge in [-0.05, 0) is 42.3 Å². The van der Waals surface area contributed by atoms with E-state index < -0.39 is 11.5 Å². The van der Waals surface area contributed by atoms with Crippen LogP contribution in [-0.2, 0) is 17.8 Å². The maximum Gasteiger partial charge on any atom is 0.308 e. The fraction of sp³-hybridized carbons (Fsp3) is 0.150. The minimum Gasteiger partial charge on any atom is -0.481 e. The van der Waals surface area contributed by atoms with E-state index in [4.69, 9.17) is 16.7 Å². The normalized spacial score (nSPS) is 10.8. The fourth-order valence-electron chi connectivity index (χ4n) is 2.70. The van der Waals surface area contributed by atoms with Gasteiger partial charge in [0, 0.05) is 20.6 Å². The SMILES string of the molecule is Cc1ccc(Cn2nc(-c3ccc(Br)cc3)cc(CC(=O)O)c2=O)c(Cl)c1. The van der Waals surface area contributed by atoms with Crippen molar-refractivity contribution in [2.75, 3.05) is 0 Å². The average molecular weight is 448 g/mol. The number of carboxylic acid groups (broad SMARTS) is 1. The number of carbonyl (C=O) groups is 1. The lowest BCUT2D eigenvalue weighted by Gasteiger charge is -2.12. The van der Waals surface area contributed by atoms with Crippen molar-refractivity contribution in [1.82, 2.24) is 9.78 Å². The Hall–Kier alpha value is -2.44. The average Bonchev–Trinajstić information content (AvgIpc) is 2.60. The molecule has 27 heavy (non-hydrogen) atoms. The first-order chi connectivity index (χ1) is 12.8. The third-order valence-corrected chi connectivity index (χ3v) is 4.94. The van der Waals surface area contributed by atoms with Crippen LogP contribution in [0.1, 0.15) is 16.7 Å². The number of benzene rings is 2. The Morgan fingerprint density at radius 2 is 1.85 bits per heavy atom. The van der Waals surface area contributed by atoms with Gasteiger partial charge in [-0.25, -0.2) is 4.68 Å². The van der Waals surface area contributed by atoms with Crippen LogP contribution in [0.25, 0.3) is 11.3 Å². The monoisotopic (exact) mass is 446 g/mol. The molecule has 7 heteroatoms. The van der Waals surface area contributed by atoms with Crippen LogP contribution in [-0.4, -0.2) is 20.9 Å². The van der Waals surface area contributed by atoms with Crippen LogP contribution < -0.4 is 5.56 Å². The third kappa shape index (κ3) is 4.64. The van der Waals surface area contributed by atoms with Gasteiger partial charge in [0.15, 0.2) is 0 Å². The molecule has 0 bridgehead atoms. The van der Waals surface area contributed by atoms with Crippen molar-refractivity contribution >= 4 is 33.5 Å². The van der Waals surface area contributed by atoms with E-state index >= 15 is 0 Å². The second kappa shape index (κ2) is 8.06. The minimum absolute atomic E-state index is 0.162. The van der Waals surface area contributed by atoms with Crippen LogP contribution in [0.4, 0.5) is 0 Å². The molecule has 0 spiro atoms. The molecule has 1 aromatic heterocycles. The molecule has 0 amide bonds. The lowest BCUT2D eigenvalue weighted by atomic mass is 10.1. The van der Waals surface area contributed by atoms with E-state index in [1.165, 1.54) is 10.7 Å². The second-order valence-electron chi connectivity index (χ2n) is 6.19. The van der Waals surface area contributed by atoms with Crippen molar-refractivity contribution in [1.29, 1.82) is 0 Å². The summed E-state index contributed by atoms with van der Waals surface area (Å²) in [5.74, 6) is -1.07. The number of aryl methyl sites for hydroxylation is 1. The summed E-state index contributed by atoms with van der Waals surface area (Å²) in [6.07, 6.45) is -0.369. The van der Waals surface area contributed by atoms with Crippen molar-refractivity contribution in [2.24, 2.45) is 0 Å². The molecule has 1 heterocycles. The predicted molar refractivity (Wildman–Crippen MR) is 108 cm³/mol. The summed E-state index contributed by atoms with van der Waals surface area (Å²) in [5.41, 5.74) is 2.81. The molecule has 0 fully saturated rings. The molecule has 0 aliphatic heterocycles. The number of rotatable bonds is 5. The van der Waals surface area contributed by atoms with E-state index in [0.29, 0.717) is 10.7 Å². The largest absolute Gasteiger partial charge is 0.481 e. The predicted octanol–water partition coefficient (Wildman–Crippen LogP) is 4.31. The summed E-state index contributed by atoms with van der Waals surface area (Å²) in [7, 11) is 0. The van der Waals surface area contributed by atoms with Crippen molar-refractivity contribution in [3.05, 3.63) is 85.1 Å². The highest BCUT2D eigenvalue weighted by atomic mass is 79.9. The van der Waals surface area contributed by atoms with Crippen LogP contribution in [0.3, 0.4) is 0 Å². The summed E-state index contributed by atoms with van der Waals surface area (Å²) in [6, 6.07) is 14.5. The summed E-state index contributed by atoms with van der Waals surface area (Å²) >= 11 is 9.67. The van der Waals surface area contributed by atoms with E-state index in [1.54, 1.807) is 0 Å². The number of halogens is 2. The van der Waals surface area contributed by atoms with Crippen molar-refractivity contribution in [2.45, 2.75) is 19.9 Å². The van der Waals surface area contributed by atoms with Gasteiger partial charge in [0.25, 0.3) is 5.56 Å². The van der Waals surface area contributed by atoms with Gasteiger partial charge in [-0.1, -0.05) is 51.8 Å². The lowest BCUT2D eigenvalue weighted by Crippen LogP contribution is -2.28. The fourth-order valence-corrected chi connectivity index (χ4v) is 3.26. The topological polar surface area (TPSA) is 72.2 Å². The Kier molecular flexibility index (Phi) is 5.77. The standard InChI is InChI=1S/C20H16BrClN2O3/c1-12-2-3-14(17(22)8-12)11-24-20(27)15(10-19(25)26)9-18(23-24)13-4-6-16(21)7-5-13/h2-9H,10-11H2,1H3,(H,25,26). The molecule has 3 rings (SSSR count). The van der Waals surface area contributed by atoms with Gasteiger partial charge >= 0.3 is 5.97 Å². The number of nitrogens with zero attached hydrogens (tertiary/aromatic N) is 2. The molecular formula is C20H16BrClN2O3. The Bertz CT molecular complexity index is 1060. The highest BCUT2D eigenvalue weighted by Gasteiger charge is 2.14. The van der Waals surface area contributed by atoms with Crippen LogP contribution in [0, 0.1) is 6.92 Å². The van der Waals surface area contributed by atoms with E-state index in [2.05, 4.69) is 21.0 Å². The number of aromatic nitrogens is 2. The van der Waals surface area contributed by atoms with Gasteiger partial charge in [0.05, 0.1) is 18.7 Å². The van der Waals surface area contributed by atoms with Gasteiger partial charge < -0.3 is 5.11 Å². The van der Waals surface area contributed by atoms with Crippen molar-refractivity contribution in [3.8, 4) is 11.3 Å². The molecule has 0 aliphatic carbocycles. The highest BCUT2D eigenvalue weighted by molar-refractivity contribution is 9.10. The van der Waals surface area contributed by atoms with Gasteiger partial charge in [0.1, 0.15) is 0 Å². The molecule has 5 nitrogen and oxygen atoms in total. The van der Waals surface area contributed by atoms with E-state index in [9.17, 15) is 9.59 Å². The molecule has 1 N–H and O–H groups in total. The van der Waals surface area contributed by atoms with Crippen molar-refractivity contribution in [3.63, 3.8) is 0 Å². The van der Waals surface area contributed by atoms with E-state index in [0.717, 1.165) is 21.2 Å². The molecule has 0 unspecified atom stereocenters. The third-order valence-electron chi connectivity index (χ3n) is 4.06. The highest BCUT2D eigenvalue weighted by Crippen LogP contribution is 2.21. The molecule has 0 radical (unpaired) electrons. The lowest BCUT2D eigenvalue weighted by molar-refractivity contribution is -0.136. The van der Waals surface area contributed by atoms with Crippen LogP contribution >= 0.6 is 27.5 Å². The summed E-state index contributed by atoms with van der Waals surface area (Å²) in [4.78, 5) is 23.9. The first-order valence-electron chi connectivity index (χ1n) is 8.17. The Labute approximate surface area is 169 Å². The molecular weight excluding hydrogens is 432 g/mol. The second-order valence-corrected chi connectivity index (χ2v) is 7.51. The Morgan fingerprint density at radius 1 is 1.15 bits per heavy atom. The minimum atomic E-state index is -1.07. The van der Waals surface area contributed by atoms with Gasteiger partial charge in [0.2, 0.25) is 0 Å². The molecule has 0 atom stereocenters. The number of carboxylic acids is 1. The first-order valence-corrected chi connectivity index (χ1v) is 9.34. The van der Waals surface area contributed by atoms with E-state index in [-0.39, 0.29) is 18.5 Å². The summed E-state index contributed by atoms with van der Waals surface area (Å²) in [5, 5.41) is 14.1. The molecule has 0 saturated heterocycles. The quantitative estimate of drug-likeness (QED) is 0.632. The van der Waals surface area contributed by atoms with Gasteiger partial charge in [-0.2, -0.15) is 5.10 Å². The van der Waals surface area contributed by atoms with Gasteiger partial charge in [-0.15, -0.1) is 0 Å². The van der Waals surface area contributed by atoms with Crippen LogP contribution in [0.5, 0.6) is 0 Å². The smallest absolute Gasteiger partial charge is 0.308 e. The zero-order valence-electron chi connectivity index (χ0n) is 14.4. The zero-order valence-corrected chi connectivity index (χ0v) is 16.8. The van der Waals surface area contributed by atoms with Crippen LogP contribution in [0.2, 0.25) is 5.02 Å². The first kappa shape index (κ1) is 19.3. The molecule has 2 aromatic carbocycles. The van der Waals surface area contributed by atoms with Gasteiger partial charge in [-0.3, -0.25) is 9.59 Å². The Balaban J connectivity index is 2.10. The number of hydrogen-bond acceptors (Lipinski definition) is 3. The molecule has 3 aromatic rings. The summed E-state index contributed by atoms with van der Waals surface area (Å²) in [6.45, 7) is 2.09. The molecule has 0 aliphatic rings. The Morgan fingerprint density at radius 3 is 2.48 bits per heavy atom.